The molecule has 0 saturated carbocycles. The first-order valence-corrected chi connectivity index (χ1v) is 7.99. The molecule has 2 unspecified atom stereocenters. The average molecular weight is 253 g/mol. The zero-order valence-corrected chi connectivity index (χ0v) is 12.4. The standard InChI is InChI=1S/C15H27NS/c1-4-7-10-13(6-3)16-14(9-5-2)15-11-8-12-17-15/h8,11-14,16H,4-7,9-10H2,1-3H3. The number of unbranched alkanes of at least 4 members (excludes halogenated alkanes) is 1. The summed E-state index contributed by atoms with van der Waals surface area (Å²) in [6.45, 7) is 6.84. The van der Waals surface area contributed by atoms with E-state index in [2.05, 4.69) is 43.6 Å². The summed E-state index contributed by atoms with van der Waals surface area (Å²) in [6, 6.07) is 5.69. The van der Waals surface area contributed by atoms with Crippen LogP contribution in [-0.4, -0.2) is 6.04 Å². The molecule has 0 aliphatic carbocycles. The highest BCUT2D eigenvalue weighted by atomic mass is 32.1. The molecular weight excluding hydrogens is 226 g/mol. The van der Waals surface area contributed by atoms with E-state index in [1.165, 1.54) is 43.4 Å². The largest absolute Gasteiger partial charge is 0.306 e. The summed E-state index contributed by atoms with van der Waals surface area (Å²) < 4.78 is 0. The summed E-state index contributed by atoms with van der Waals surface area (Å²) >= 11 is 1.88. The normalized spacial score (nSPS) is 14.8. The lowest BCUT2D eigenvalue weighted by Gasteiger charge is -2.24. The molecule has 98 valence electrons. The Morgan fingerprint density at radius 3 is 2.53 bits per heavy atom. The summed E-state index contributed by atoms with van der Waals surface area (Å²) in [6.07, 6.45) is 7.71. The van der Waals surface area contributed by atoms with Crippen LogP contribution in [0.1, 0.15) is 70.2 Å². The maximum Gasteiger partial charge on any atom is 0.0416 e. The van der Waals surface area contributed by atoms with Crippen molar-refractivity contribution in [2.75, 3.05) is 0 Å². The molecule has 0 amide bonds. The Hall–Kier alpha value is -0.340. The highest BCUT2D eigenvalue weighted by Gasteiger charge is 2.15. The summed E-state index contributed by atoms with van der Waals surface area (Å²) in [5.74, 6) is 0. The molecule has 0 aliphatic rings. The molecule has 0 radical (unpaired) electrons. The van der Waals surface area contributed by atoms with Crippen LogP contribution in [0.15, 0.2) is 17.5 Å². The van der Waals surface area contributed by atoms with E-state index < -0.39 is 0 Å². The maximum absolute atomic E-state index is 3.85. The third kappa shape index (κ3) is 5.22. The van der Waals surface area contributed by atoms with Crippen molar-refractivity contribution in [2.45, 2.75) is 71.4 Å². The van der Waals surface area contributed by atoms with Gasteiger partial charge in [0.2, 0.25) is 0 Å². The van der Waals surface area contributed by atoms with Crippen LogP contribution < -0.4 is 5.32 Å². The minimum atomic E-state index is 0.571. The Labute approximate surface area is 111 Å². The fourth-order valence-electron chi connectivity index (χ4n) is 2.23. The molecule has 0 saturated heterocycles. The molecule has 0 bridgehead atoms. The van der Waals surface area contributed by atoms with Gasteiger partial charge in [-0.2, -0.15) is 0 Å². The van der Waals surface area contributed by atoms with Crippen molar-refractivity contribution in [2.24, 2.45) is 0 Å². The van der Waals surface area contributed by atoms with Crippen molar-refractivity contribution in [3.8, 4) is 0 Å². The molecule has 1 heterocycles. The summed E-state index contributed by atoms with van der Waals surface area (Å²) in [5.41, 5.74) is 0. The second-order valence-electron chi connectivity index (χ2n) is 4.77. The predicted octanol–water partition coefficient (Wildman–Crippen LogP) is 5.15. The van der Waals surface area contributed by atoms with E-state index >= 15 is 0 Å². The van der Waals surface area contributed by atoms with E-state index in [1.807, 2.05) is 11.3 Å². The fourth-order valence-corrected chi connectivity index (χ4v) is 3.05. The molecule has 2 heteroatoms. The first kappa shape index (κ1) is 14.7. The van der Waals surface area contributed by atoms with Gasteiger partial charge >= 0.3 is 0 Å². The topological polar surface area (TPSA) is 12.0 Å². The molecule has 1 aromatic heterocycles. The van der Waals surface area contributed by atoms with Gasteiger partial charge in [0.1, 0.15) is 0 Å². The van der Waals surface area contributed by atoms with Crippen LogP contribution in [0.5, 0.6) is 0 Å². The lowest BCUT2D eigenvalue weighted by Crippen LogP contribution is -2.32. The van der Waals surface area contributed by atoms with Crippen LogP contribution in [0.4, 0.5) is 0 Å². The van der Waals surface area contributed by atoms with Gasteiger partial charge in [-0.1, -0.05) is 46.1 Å². The molecule has 0 aliphatic heterocycles. The van der Waals surface area contributed by atoms with Crippen molar-refractivity contribution in [1.82, 2.24) is 5.32 Å². The molecule has 2 atom stereocenters. The zero-order valence-electron chi connectivity index (χ0n) is 11.5. The quantitative estimate of drug-likeness (QED) is 0.642. The number of nitrogens with one attached hydrogen (secondary N) is 1. The van der Waals surface area contributed by atoms with Gasteiger partial charge in [0, 0.05) is 17.0 Å². The Bertz CT molecular complexity index is 268. The van der Waals surface area contributed by atoms with Gasteiger partial charge in [-0.05, 0) is 30.7 Å². The van der Waals surface area contributed by atoms with Gasteiger partial charge in [-0.15, -0.1) is 11.3 Å². The minimum Gasteiger partial charge on any atom is -0.306 e. The Morgan fingerprint density at radius 1 is 1.18 bits per heavy atom. The average Bonchev–Trinajstić information content (AvgIpc) is 2.87. The van der Waals surface area contributed by atoms with E-state index in [4.69, 9.17) is 0 Å². The Kier molecular flexibility index (Phi) is 7.54. The SMILES string of the molecule is CCCCC(CC)NC(CCC)c1cccs1. The predicted molar refractivity (Wildman–Crippen MR) is 78.7 cm³/mol. The Balaban J connectivity index is 2.52. The third-order valence-corrected chi connectivity index (χ3v) is 4.29. The second-order valence-corrected chi connectivity index (χ2v) is 5.75. The van der Waals surface area contributed by atoms with Gasteiger partial charge in [-0.3, -0.25) is 0 Å². The summed E-state index contributed by atoms with van der Waals surface area (Å²) in [4.78, 5) is 1.50. The number of hydrogen-bond acceptors (Lipinski definition) is 2. The minimum absolute atomic E-state index is 0.571. The smallest absolute Gasteiger partial charge is 0.0416 e. The summed E-state index contributed by atoms with van der Waals surface area (Å²) in [7, 11) is 0. The van der Waals surface area contributed by atoms with Crippen LogP contribution >= 0.6 is 11.3 Å². The zero-order chi connectivity index (χ0) is 12.5. The van der Waals surface area contributed by atoms with E-state index in [-0.39, 0.29) is 0 Å². The monoisotopic (exact) mass is 253 g/mol. The van der Waals surface area contributed by atoms with Gasteiger partial charge in [0.15, 0.2) is 0 Å². The van der Waals surface area contributed by atoms with Crippen molar-refractivity contribution >= 4 is 11.3 Å². The van der Waals surface area contributed by atoms with Gasteiger partial charge in [-0.25, -0.2) is 0 Å². The van der Waals surface area contributed by atoms with E-state index in [0.29, 0.717) is 12.1 Å². The molecule has 0 spiro atoms. The highest BCUT2D eigenvalue weighted by molar-refractivity contribution is 7.10. The van der Waals surface area contributed by atoms with Crippen molar-refractivity contribution < 1.29 is 0 Å². The Morgan fingerprint density at radius 2 is 2.00 bits per heavy atom. The molecular formula is C15H27NS. The van der Waals surface area contributed by atoms with Gasteiger partial charge < -0.3 is 5.32 Å². The molecule has 1 nitrogen and oxygen atoms in total. The molecule has 1 N–H and O–H groups in total. The van der Waals surface area contributed by atoms with E-state index in [1.54, 1.807) is 0 Å². The molecule has 17 heavy (non-hydrogen) atoms. The molecule has 1 aromatic rings. The van der Waals surface area contributed by atoms with Crippen LogP contribution in [0, 0.1) is 0 Å². The maximum atomic E-state index is 3.85. The third-order valence-electron chi connectivity index (χ3n) is 3.30. The van der Waals surface area contributed by atoms with Gasteiger partial charge in [0.05, 0.1) is 0 Å². The van der Waals surface area contributed by atoms with Crippen LogP contribution in [0.25, 0.3) is 0 Å². The van der Waals surface area contributed by atoms with Crippen LogP contribution in [0.2, 0.25) is 0 Å². The van der Waals surface area contributed by atoms with Crippen molar-refractivity contribution in [3.05, 3.63) is 22.4 Å². The number of hydrogen-bond donors (Lipinski definition) is 1. The van der Waals surface area contributed by atoms with Gasteiger partial charge in [0.25, 0.3) is 0 Å². The van der Waals surface area contributed by atoms with Crippen molar-refractivity contribution in [3.63, 3.8) is 0 Å². The molecule has 0 fully saturated rings. The lowest BCUT2D eigenvalue weighted by molar-refractivity contribution is 0.383. The first-order chi connectivity index (χ1) is 8.31. The lowest BCUT2D eigenvalue weighted by atomic mass is 10.0. The van der Waals surface area contributed by atoms with E-state index in [9.17, 15) is 0 Å². The van der Waals surface area contributed by atoms with Crippen LogP contribution in [-0.2, 0) is 0 Å². The van der Waals surface area contributed by atoms with Crippen molar-refractivity contribution in [1.29, 1.82) is 0 Å². The highest BCUT2D eigenvalue weighted by Crippen LogP contribution is 2.24. The molecule has 1 rings (SSSR count). The van der Waals surface area contributed by atoms with Crippen LogP contribution in [0.3, 0.4) is 0 Å². The summed E-state index contributed by atoms with van der Waals surface area (Å²) in [5, 5.41) is 6.04. The fraction of sp³-hybridized carbons (Fsp3) is 0.733. The number of thiophene rings is 1. The second kappa shape index (κ2) is 8.71. The van der Waals surface area contributed by atoms with E-state index in [0.717, 1.165) is 0 Å². The number of rotatable bonds is 9. The first-order valence-electron chi connectivity index (χ1n) is 7.11. The molecule has 0 aromatic carbocycles.